The molecule has 146 valence electrons. The lowest BCUT2D eigenvalue weighted by molar-refractivity contribution is -0.141. The van der Waals surface area contributed by atoms with Crippen molar-refractivity contribution in [3.63, 3.8) is 0 Å². The van der Waals surface area contributed by atoms with Crippen LogP contribution in [0, 0.1) is 12.8 Å². The van der Waals surface area contributed by atoms with Gasteiger partial charge in [0.1, 0.15) is 0 Å². The first-order valence-electron chi connectivity index (χ1n) is 9.17. The van der Waals surface area contributed by atoms with Gasteiger partial charge in [0.05, 0.1) is 23.5 Å². The molecule has 0 amide bonds. The number of nitrogen functional groups attached to an aromatic ring is 1. The van der Waals surface area contributed by atoms with Crippen LogP contribution in [0.15, 0.2) is 30.5 Å². The summed E-state index contributed by atoms with van der Waals surface area (Å²) in [5.41, 5.74) is 8.23. The van der Waals surface area contributed by atoms with Crippen LogP contribution in [-0.4, -0.2) is 27.1 Å². The highest BCUT2D eigenvalue weighted by Gasteiger charge is 2.30. The van der Waals surface area contributed by atoms with Gasteiger partial charge in [-0.05, 0) is 38.3 Å². The molecule has 1 fully saturated rings. The summed E-state index contributed by atoms with van der Waals surface area (Å²) in [6, 6.07) is 7.71. The number of aryl methyl sites for hydroxylation is 1. The summed E-state index contributed by atoms with van der Waals surface area (Å²) in [5, 5.41) is 13.7. The maximum absolute atomic E-state index is 11.1. The van der Waals surface area contributed by atoms with E-state index < -0.39 is 5.97 Å². The topological polar surface area (TPSA) is 130 Å². The van der Waals surface area contributed by atoms with Gasteiger partial charge in [-0.25, -0.2) is 10.8 Å². The van der Waals surface area contributed by atoms with Gasteiger partial charge in [-0.15, -0.1) is 0 Å². The van der Waals surface area contributed by atoms with E-state index in [-0.39, 0.29) is 12.0 Å². The van der Waals surface area contributed by atoms with E-state index in [9.17, 15) is 4.79 Å². The smallest absolute Gasteiger partial charge is 0.306 e. The maximum Gasteiger partial charge on any atom is 0.306 e. The summed E-state index contributed by atoms with van der Waals surface area (Å²) in [7, 11) is 0. The van der Waals surface area contributed by atoms with Crippen molar-refractivity contribution in [3.05, 3.63) is 36.0 Å². The van der Waals surface area contributed by atoms with E-state index in [4.69, 9.17) is 16.7 Å². The fraction of sp³-hybridized carbons (Fsp3) is 0.421. The molecule has 0 saturated heterocycles. The van der Waals surface area contributed by atoms with E-state index >= 15 is 0 Å². The Bertz CT molecular complexity index is 765. The van der Waals surface area contributed by atoms with E-state index in [1.54, 1.807) is 0 Å². The molecule has 0 spiro atoms. The molecule has 6 N–H and O–H groups in total. The maximum atomic E-state index is 11.1. The predicted molar refractivity (Wildman–Crippen MR) is 108 cm³/mol. The minimum atomic E-state index is -0.754. The van der Waals surface area contributed by atoms with Crippen molar-refractivity contribution < 1.29 is 9.90 Å². The van der Waals surface area contributed by atoms with Gasteiger partial charge in [-0.1, -0.05) is 31.5 Å². The summed E-state index contributed by atoms with van der Waals surface area (Å²) in [6.07, 6.45) is 3.48. The van der Waals surface area contributed by atoms with Crippen LogP contribution in [0.2, 0.25) is 0 Å². The van der Waals surface area contributed by atoms with Gasteiger partial charge < -0.3 is 16.2 Å². The number of carboxylic acids is 1. The number of hydrogen-bond donors (Lipinski definition) is 4. The first-order valence-corrected chi connectivity index (χ1v) is 9.17. The van der Waals surface area contributed by atoms with E-state index in [1.807, 2.05) is 45.0 Å². The number of hydrazine groups is 1. The first-order chi connectivity index (χ1) is 12.9. The normalized spacial score (nSPS) is 18.4. The lowest BCUT2D eigenvalue weighted by Crippen LogP contribution is -2.28. The lowest BCUT2D eigenvalue weighted by atomic mass is 10.1. The van der Waals surface area contributed by atoms with Gasteiger partial charge >= 0.3 is 5.97 Å². The molecular formula is C19H28N6O2. The van der Waals surface area contributed by atoms with Crippen molar-refractivity contribution in [2.45, 2.75) is 46.1 Å². The van der Waals surface area contributed by atoms with Gasteiger partial charge in [-0.2, -0.15) is 4.98 Å². The van der Waals surface area contributed by atoms with Crippen LogP contribution in [-0.2, 0) is 4.79 Å². The molecule has 0 aliphatic heterocycles. The number of nitrogens with two attached hydrogens (primary N) is 2. The van der Waals surface area contributed by atoms with Crippen molar-refractivity contribution in [1.29, 1.82) is 0 Å². The van der Waals surface area contributed by atoms with Crippen LogP contribution in [0.3, 0.4) is 0 Å². The number of carboxylic acid groups (broad SMARTS) is 1. The Morgan fingerprint density at radius 2 is 1.93 bits per heavy atom. The van der Waals surface area contributed by atoms with Crippen molar-refractivity contribution in [2.75, 3.05) is 16.1 Å². The second-order valence-corrected chi connectivity index (χ2v) is 6.37. The van der Waals surface area contributed by atoms with Gasteiger partial charge in [0, 0.05) is 6.04 Å². The average molecular weight is 372 g/mol. The Morgan fingerprint density at radius 1 is 1.26 bits per heavy atom. The van der Waals surface area contributed by atoms with Crippen LogP contribution in [0.25, 0.3) is 0 Å². The van der Waals surface area contributed by atoms with Crippen LogP contribution < -0.4 is 21.9 Å². The van der Waals surface area contributed by atoms with E-state index in [0.717, 1.165) is 17.7 Å². The number of benzene rings is 1. The molecule has 0 bridgehead atoms. The van der Waals surface area contributed by atoms with Gasteiger partial charge in [0.15, 0.2) is 5.82 Å². The molecule has 1 heterocycles. The van der Waals surface area contributed by atoms with E-state index in [1.165, 1.54) is 11.2 Å². The number of anilines is 4. The zero-order valence-corrected chi connectivity index (χ0v) is 16.0. The molecule has 2 unspecified atom stereocenters. The van der Waals surface area contributed by atoms with Crippen molar-refractivity contribution in [2.24, 2.45) is 11.8 Å². The second kappa shape index (κ2) is 9.18. The molecule has 1 aliphatic carbocycles. The standard InChI is InChI=1S/C17H22N6O2.C2H6/c1-10-2-6-13(7-3-10)23(19)15-14(18)9-20-17(22-15)21-12-5-4-11(8-12)16(24)25;1-2/h2-3,6-7,9,11-12H,4-5,8,18-19H2,1H3,(H,24,25)(H,20,21,22);1-2H3. The Hall–Kier alpha value is -2.87. The number of aromatic nitrogens is 2. The molecule has 8 heteroatoms. The van der Waals surface area contributed by atoms with Gasteiger partial charge in [0.2, 0.25) is 5.95 Å². The largest absolute Gasteiger partial charge is 0.481 e. The number of hydrogen-bond acceptors (Lipinski definition) is 7. The van der Waals surface area contributed by atoms with Crippen LogP contribution in [0.5, 0.6) is 0 Å². The second-order valence-electron chi connectivity index (χ2n) is 6.37. The number of aliphatic carboxylic acids is 1. The third-order valence-corrected chi connectivity index (χ3v) is 4.45. The Balaban J connectivity index is 0.00000126. The Labute approximate surface area is 159 Å². The van der Waals surface area contributed by atoms with Crippen LogP contribution in [0.1, 0.15) is 38.7 Å². The minimum absolute atomic E-state index is 0.0307. The number of nitrogens with one attached hydrogen (secondary N) is 1. The predicted octanol–water partition coefficient (Wildman–Crippen LogP) is 3.07. The Morgan fingerprint density at radius 3 is 2.52 bits per heavy atom. The summed E-state index contributed by atoms with van der Waals surface area (Å²) >= 11 is 0. The summed E-state index contributed by atoms with van der Waals surface area (Å²) in [5.74, 6) is 5.88. The van der Waals surface area contributed by atoms with Crippen molar-refractivity contribution in [1.82, 2.24) is 9.97 Å². The van der Waals surface area contributed by atoms with Gasteiger partial charge in [0.25, 0.3) is 0 Å². The molecule has 1 aromatic carbocycles. The molecule has 1 saturated carbocycles. The van der Waals surface area contributed by atoms with Crippen LogP contribution >= 0.6 is 0 Å². The summed E-state index contributed by atoms with van der Waals surface area (Å²) < 4.78 is 0. The highest BCUT2D eigenvalue weighted by atomic mass is 16.4. The monoisotopic (exact) mass is 372 g/mol. The van der Waals surface area contributed by atoms with E-state index in [0.29, 0.717) is 30.3 Å². The molecule has 0 radical (unpaired) electrons. The third-order valence-electron chi connectivity index (χ3n) is 4.45. The molecule has 3 rings (SSSR count). The van der Waals surface area contributed by atoms with Crippen LogP contribution in [0.4, 0.5) is 23.1 Å². The zero-order chi connectivity index (χ0) is 20.0. The van der Waals surface area contributed by atoms with E-state index in [2.05, 4.69) is 15.3 Å². The SMILES string of the molecule is CC.Cc1ccc(N(N)c2nc(NC3CCC(C(=O)O)C3)ncc2N)cc1. The molecule has 1 aromatic heterocycles. The highest BCUT2D eigenvalue weighted by Crippen LogP contribution is 2.29. The molecule has 1 aliphatic rings. The molecule has 2 atom stereocenters. The zero-order valence-electron chi connectivity index (χ0n) is 16.0. The average Bonchev–Trinajstić information content (AvgIpc) is 3.14. The quantitative estimate of drug-likeness (QED) is 0.465. The molecule has 2 aromatic rings. The fourth-order valence-corrected chi connectivity index (χ4v) is 2.99. The minimum Gasteiger partial charge on any atom is -0.481 e. The molecular weight excluding hydrogens is 344 g/mol. The van der Waals surface area contributed by atoms with Crippen molar-refractivity contribution >= 4 is 29.1 Å². The van der Waals surface area contributed by atoms with Crippen molar-refractivity contribution in [3.8, 4) is 0 Å². The number of carbonyl (C=O) groups is 1. The Kier molecular flexibility index (Phi) is 6.95. The fourth-order valence-electron chi connectivity index (χ4n) is 2.99. The summed E-state index contributed by atoms with van der Waals surface area (Å²) in [6.45, 7) is 6.00. The highest BCUT2D eigenvalue weighted by molar-refractivity contribution is 5.71. The number of nitrogens with zero attached hydrogens (tertiary/aromatic N) is 3. The first kappa shape index (κ1) is 20.4. The molecule has 27 heavy (non-hydrogen) atoms. The summed E-state index contributed by atoms with van der Waals surface area (Å²) in [4.78, 5) is 19.7. The molecule has 8 nitrogen and oxygen atoms in total. The van der Waals surface area contributed by atoms with Gasteiger partial charge in [-0.3, -0.25) is 9.80 Å². The number of rotatable bonds is 5. The third kappa shape index (κ3) is 5.07. The lowest BCUT2D eigenvalue weighted by Gasteiger charge is -2.20.